The molecule has 2 aromatic rings. The first kappa shape index (κ1) is 44.2. The number of amides is 2. The van der Waals surface area contributed by atoms with E-state index in [4.69, 9.17) is 14.5 Å². The maximum Gasteiger partial charge on any atom is 0.306 e. The van der Waals surface area contributed by atoms with E-state index in [1.54, 1.807) is 24.3 Å². The maximum atomic E-state index is 14.5. The Morgan fingerprint density at radius 3 is 2.34 bits per heavy atom. The predicted molar refractivity (Wildman–Crippen MR) is 209 cm³/mol. The molecule has 1 saturated heterocycles. The van der Waals surface area contributed by atoms with Gasteiger partial charge in [0.15, 0.2) is 5.78 Å². The molecule has 0 unspecified atom stereocenters. The number of piperidine rings is 1. The quantitative estimate of drug-likeness (QED) is 0.149. The van der Waals surface area contributed by atoms with Crippen molar-refractivity contribution in [1.29, 1.82) is 0 Å². The number of likely N-dealkylation sites (tertiary alicyclic amines) is 1. The Kier molecular flexibility index (Phi) is 17.1. The van der Waals surface area contributed by atoms with E-state index in [0.717, 1.165) is 31.4 Å². The van der Waals surface area contributed by atoms with E-state index in [-0.39, 0.29) is 54.1 Å². The van der Waals surface area contributed by atoms with Gasteiger partial charge in [0.2, 0.25) is 5.91 Å². The first-order chi connectivity index (χ1) is 24.9. The average Bonchev–Trinajstić information content (AvgIpc) is 3.58. The van der Waals surface area contributed by atoms with Gasteiger partial charge in [0.25, 0.3) is 5.91 Å². The minimum atomic E-state index is -0.915. The smallest absolute Gasteiger partial charge is 0.306 e. The van der Waals surface area contributed by atoms with Crippen LogP contribution in [-0.2, 0) is 30.3 Å². The fraction of sp³-hybridized carbons (Fsp3) is 0.683. The molecule has 2 N–H and O–H groups in total. The lowest BCUT2D eigenvalue weighted by Crippen LogP contribution is -2.50. The average molecular weight is 757 g/mol. The van der Waals surface area contributed by atoms with Crippen molar-refractivity contribution in [2.45, 2.75) is 136 Å². The van der Waals surface area contributed by atoms with Gasteiger partial charge in [-0.3, -0.25) is 24.1 Å². The summed E-state index contributed by atoms with van der Waals surface area (Å²) >= 11 is 1.33. The van der Waals surface area contributed by atoms with Crippen molar-refractivity contribution in [2.75, 3.05) is 27.2 Å². The molecule has 1 aromatic carbocycles. The zero-order valence-electron chi connectivity index (χ0n) is 33.6. The minimum absolute atomic E-state index is 0.0456. The Labute approximate surface area is 321 Å². The second-order valence-corrected chi connectivity index (χ2v) is 16.9. The molecule has 0 spiro atoms. The summed E-state index contributed by atoms with van der Waals surface area (Å²) in [6.45, 7) is 16.7. The summed E-state index contributed by atoms with van der Waals surface area (Å²) in [5.41, 5.74) is 0.737. The highest BCUT2D eigenvalue weighted by Crippen LogP contribution is 2.32. The maximum absolute atomic E-state index is 14.5. The number of carbonyl (C=O) groups is 4. The van der Waals surface area contributed by atoms with Crippen molar-refractivity contribution in [3.8, 4) is 0 Å². The van der Waals surface area contributed by atoms with Crippen LogP contribution in [0.25, 0.3) is 0 Å². The molecular weight excluding hydrogens is 693 g/mol. The number of nitrogens with zero attached hydrogens (tertiary/aromatic N) is 3. The van der Waals surface area contributed by atoms with E-state index in [9.17, 15) is 24.3 Å². The van der Waals surface area contributed by atoms with Crippen LogP contribution in [0.1, 0.15) is 121 Å². The molecule has 1 aliphatic heterocycles. The predicted octanol–water partition coefficient (Wildman–Crippen LogP) is 6.81. The number of hydrogen-bond acceptors (Lipinski definition) is 9. The van der Waals surface area contributed by atoms with Crippen LogP contribution >= 0.6 is 11.3 Å². The van der Waals surface area contributed by atoms with Gasteiger partial charge in [0.05, 0.1) is 29.6 Å². The summed E-state index contributed by atoms with van der Waals surface area (Å²) in [5.74, 6) is -2.60. The Bertz CT molecular complexity index is 1480. The molecule has 1 aliphatic rings. The number of benzene rings is 1. The summed E-state index contributed by atoms with van der Waals surface area (Å²) < 4.78 is 12.5. The second-order valence-electron chi connectivity index (χ2n) is 16.1. The molecule has 0 bridgehead atoms. The lowest BCUT2D eigenvalue weighted by Gasteiger charge is -2.39. The van der Waals surface area contributed by atoms with Gasteiger partial charge >= 0.3 is 5.97 Å². The summed E-state index contributed by atoms with van der Waals surface area (Å²) in [5, 5.41) is 14.9. The van der Waals surface area contributed by atoms with Crippen molar-refractivity contribution < 1.29 is 33.8 Å². The number of Topliss-reactive ketones (excluding diaryl/α,β-unsaturated/α-hetero) is 1. The van der Waals surface area contributed by atoms with E-state index in [1.165, 1.54) is 11.3 Å². The summed E-state index contributed by atoms with van der Waals surface area (Å²) in [4.78, 5) is 62.0. The number of carboxylic acids is 1. The Morgan fingerprint density at radius 2 is 1.75 bits per heavy atom. The van der Waals surface area contributed by atoms with Gasteiger partial charge in [-0.1, -0.05) is 57.5 Å². The number of hydrogen-bond donors (Lipinski definition) is 2. The standard InChI is InChI=1S/C41H64N4O7S/c1-11-51-36(38-43-32(25-53-38)37(47)42-30(21-27(4)40(49)50)22-29-17-13-12-14-18-29)24-34(26(2)3)45(10)39(48)31(28(5)52-41(6,7)8)23-35(46)33-19-15-16-20-44(33)9/h12-14,17-18,25-28,30-31,33-34,36H,11,15-16,19-24H2,1-10H3,(H,42,47)(H,49,50)/t27-,28-,30+,31-,33+,34+,36+/m0/s1. The fourth-order valence-electron chi connectivity index (χ4n) is 7.31. The van der Waals surface area contributed by atoms with Gasteiger partial charge in [-0.15, -0.1) is 11.3 Å². The number of aromatic nitrogens is 1. The highest BCUT2D eigenvalue weighted by molar-refractivity contribution is 7.09. The third kappa shape index (κ3) is 13.6. The molecule has 0 saturated carbocycles. The number of carboxylic acid groups (broad SMARTS) is 1. The van der Waals surface area contributed by atoms with Crippen LogP contribution in [0.15, 0.2) is 35.7 Å². The molecule has 7 atom stereocenters. The number of ketones is 1. The summed E-state index contributed by atoms with van der Waals surface area (Å²) in [7, 11) is 3.79. The van der Waals surface area contributed by atoms with Crippen LogP contribution in [0.5, 0.6) is 0 Å². The van der Waals surface area contributed by atoms with E-state index in [2.05, 4.69) is 24.1 Å². The van der Waals surface area contributed by atoms with Crippen LogP contribution in [-0.4, -0.2) is 101 Å². The topological polar surface area (TPSA) is 138 Å². The van der Waals surface area contributed by atoms with Gasteiger partial charge in [-0.2, -0.15) is 0 Å². The van der Waals surface area contributed by atoms with Gasteiger partial charge in [-0.05, 0) is 85.4 Å². The molecule has 2 heterocycles. The van der Waals surface area contributed by atoms with Crippen LogP contribution in [0.3, 0.4) is 0 Å². The molecular formula is C41H64N4O7S. The van der Waals surface area contributed by atoms with Crippen molar-refractivity contribution >= 4 is 34.9 Å². The molecule has 1 aromatic heterocycles. The Balaban J connectivity index is 1.82. The van der Waals surface area contributed by atoms with Crippen LogP contribution in [0, 0.1) is 17.8 Å². The highest BCUT2D eigenvalue weighted by Gasteiger charge is 2.39. The SMILES string of the molecule is CCO[C@H](C[C@H](C(C)C)N(C)C(=O)[C@@H](CC(=O)[C@H]1CCCCN1C)[C@H](C)OC(C)(C)C)c1nc(C(=O)N[C@@H](Cc2ccccc2)C[C@H](C)C(=O)O)cs1. The number of rotatable bonds is 20. The number of likely N-dealkylation sites (N-methyl/N-ethyl adjacent to an activating group) is 1. The van der Waals surface area contributed by atoms with Crippen LogP contribution < -0.4 is 5.32 Å². The lowest BCUT2D eigenvalue weighted by molar-refractivity contribution is -0.152. The van der Waals surface area contributed by atoms with Gasteiger partial charge in [-0.25, -0.2) is 4.98 Å². The number of aliphatic carboxylic acids is 1. The molecule has 0 aliphatic carbocycles. The second kappa shape index (κ2) is 20.5. The van der Waals surface area contributed by atoms with Crippen molar-refractivity contribution in [3.05, 3.63) is 52.0 Å². The van der Waals surface area contributed by atoms with Gasteiger partial charge < -0.3 is 24.8 Å². The molecule has 0 radical (unpaired) electrons. The van der Waals surface area contributed by atoms with Crippen molar-refractivity contribution in [3.63, 3.8) is 0 Å². The minimum Gasteiger partial charge on any atom is -0.481 e. The van der Waals surface area contributed by atoms with Crippen LogP contribution in [0.4, 0.5) is 0 Å². The number of carbonyl (C=O) groups excluding carboxylic acids is 3. The first-order valence-corrected chi connectivity index (χ1v) is 20.1. The molecule has 2 amide bonds. The van der Waals surface area contributed by atoms with E-state index < -0.39 is 41.7 Å². The van der Waals surface area contributed by atoms with E-state index in [1.807, 2.05) is 72.0 Å². The monoisotopic (exact) mass is 756 g/mol. The third-order valence-electron chi connectivity index (χ3n) is 10.2. The summed E-state index contributed by atoms with van der Waals surface area (Å²) in [6, 6.07) is 8.81. The number of thiazole rings is 1. The van der Waals surface area contributed by atoms with Gasteiger partial charge in [0, 0.05) is 44.0 Å². The molecule has 11 nitrogen and oxygen atoms in total. The Morgan fingerprint density at radius 1 is 1.08 bits per heavy atom. The molecule has 53 heavy (non-hydrogen) atoms. The summed E-state index contributed by atoms with van der Waals surface area (Å²) in [6.07, 6.45) is 3.21. The van der Waals surface area contributed by atoms with Crippen molar-refractivity contribution in [2.24, 2.45) is 17.8 Å². The third-order valence-corrected chi connectivity index (χ3v) is 11.1. The molecule has 296 valence electrons. The number of ether oxygens (including phenoxy) is 2. The largest absolute Gasteiger partial charge is 0.481 e. The zero-order valence-corrected chi connectivity index (χ0v) is 34.4. The van der Waals surface area contributed by atoms with Crippen molar-refractivity contribution in [1.82, 2.24) is 20.1 Å². The van der Waals surface area contributed by atoms with E-state index >= 15 is 0 Å². The normalized spacial score (nSPS) is 18.8. The first-order valence-electron chi connectivity index (χ1n) is 19.2. The molecule has 3 rings (SSSR count). The molecule has 1 fully saturated rings. The van der Waals surface area contributed by atoms with Crippen LogP contribution in [0.2, 0.25) is 0 Å². The van der Waals surface area contributed by atoms with E-state index in [0.29, 0.717) is 24.5 Å². The molecule has 12 heteroatoms. The number of nitrogens with one attached hydrogen (secondary N) is 1. The lowest BCUT2D eigenvalue weighted by atomic mass is 9.87. The Hall–Kier alpha value is -3.19. The fourth-order valence-corrected chi connectivity index (χ4v) is 8.17. The zero-order chi connectivity index (χ0) is 39.5. The van der Waals surface area contributed by atoms with Gasteiger partial charge in [0.1, 0.15) is 16.8 Å². The highest BCUT2D eigenvalue weighted by atomic mass is 32.1.